The molecule has 0 saturated heterocycles. The van der Waals surface area contributed by atoms with Gasteiger partial charge in [-0.25, -0.2) is 0 Å². The van der Waals surface area contributed by atoms with Gasteiger partial charge in [-0.1, -0.05) is 19.2 Å². The molecule has 0 spiro atoms. The van der Waals surface area contributed by atoms with Crippen LogP contribution in [0.25, 0.3) is 0 Å². The average Bonchev–Trinajstić information content (AvgIpc) is 2.41. The third-order valence-corrected chi connectivity index (χ3v) is 3.35. The van der Waals surface area contributed by atoms with Crippen molar-refractivity contribution in [3.8, 4) is 0 Å². The Kier molecular flexibility index (Phi) is 8.31. The topological polar surface area (TPSA) is 61.4 Å². The van der Waals surface area contributed by atoms with E-state index in [1.54, 1.807) is 13.0 Å². The van der Waals surface area contributed by atoms with E-state index in [9.17, 15) is 9.59 Å². The molecule has 21 heavy (non-hydrogen) atoms. The van der Waals surface area contributed by atoms with Crippen LogP contribution in [0.1, 0.15) is 20.8 Å². The predicted molar refractivity (Wildman–Crippen MR) is 86.6 cm³/mol. The van der Waals surface area contributed by atoms with E-state index in [4.69, 9.17) is 0 Å². The van der Waals surface area contributed by atoms with Gasteiger partial charge in [0.15, 0.2) is 0 Å². The van der Waals surface area contributed by atoms with Gasteiger partial charge in [0.05, 0.1) is 5.92 Å². The summed E-state index contributed by atoms with van der Waals surface area (Å²) in [6.07, 6.45) is 3.58. The number of nitrogens with zero attached hydrogens (tertiary/aromatic N) is 1. The molecule has 0 aliphatic carbocycles. The summed E-state index contributed by atoms with van der Waals surface area (Å²) in [6.45, 7) is 13.8. The number of nitrogens with one attached hydrogen (secondary N) is 2. The summed E-state index contributed by atoms with van der Waals surface area (Å²) in [4.78, 5) is 24.6. The van der Waals surface area contributed by atoms with E-state index in [0.29, 0.717) is 11.6 Å². The Balaban J connectivity index is 4.59. The van der Waals surface area contributed by atoms with Gasteiger partial charge in [-0.3, -0.25) is 14.9 Å². The van der Waals surface area contributed by atoms with Crippen molar-refractivity contribution in [3.63, 3.8) is 0 Å². The van der Waals surface area contributed by atoms with Crippen LogP contribution in [0.3, 0.4) is 0 Å². The Morgan fingerprint density at radius 2 is 1.81 bits per heavy atom. The lowest BCUT2D eigenvalue weighted by atomic mass is 10.0. The van der Waals surface area contributed by atoms with Crippen LogP contribution in [0.2, 0.25) is 0 Å². The van der Waals surface area contributed by atoms with Crippen LogP contribution >= 0.6 is 0 Å². The average molecular weight is 293 g/mol. The van der Waals surface area contributed by atoms with Gasteiger partial charge in [-0.05, 0) is 32.5 Å². The molecule has 0 bridgehead atoms. The van der Waals surface area contributed by atoms with Crippen molar-refractivity contribution in [2.75, 3.05) is 20.6 Å². The van der Waals surface area contributed by atoms with E-state index in [1.165, 1.54) is 6.92 Å². The van der Waals surface area contributed by atoms with E-state index in [0.717, 1.165) is 12.2 Å². The Morgan fingerprint density at radius 3 is 2.29 bits per heavy atom. The number of allylic oxidation sites excluding steroid dienone is 2. The second kappa shape index (κ2) is 9.13. The van der Waals surface area contributed by atoms with E-state index in [2.05, 4.69) is 30.7 Å². The minimum Gasteiger partial charge on any atom is -0.371 e. The van der Waals surface area contributed by atoms with Crippen LogP contribution in [-0.4, -0.2) is 43.4 Å². The first-order valence-electron chi connectivity index (χ1n) is 6.95. The van der Waals surface area contributed by atoms with Crippen molar-refractivity contribution >= 4 is 11.8 Å². The fourth-order valence-corrected chi connectivity index (χ4v) is 1.63. The molecule has 2 unspecified atom stereocenters. The zero-order chi connectivity index (χ0) is 16.6. The minimum absolute atomic E-state index is 0.304. The molecule has 0 aliphatic heterocycles. The van der Waals surface area contributed by atoms with Crippen molar-refractivity contribution in [1.29, 1.82) is 0 Å². The van der Waals surface area contributed by atoms with Crippen LogP contribution in [0.4, 0.5) is 0 Å². The van der Waals surface area contributed by atoms with E-state index >= 15 is 0 Å². The molecule has 0 aromatic rings. The molecule has 0 saturated carbocycles. The maximum absolute atomic E-state index is 11.7. The minimum atomic E-state index is -0.460. The molecule has 0 heterocycles. The molecule has 0 aromatic heterocycles. The summed E-state index contributed by atoms with van der Waals surface area (Å²) in [5.74, 6) is -1.17. The Hall–Kier alpha value is -1.88. The standard InChI is InChI=1S/C16H27N3O2/c1-11(14(4)16(21)18-15(5)20)8-9-12(2)19(7)13(3)10-17-6/h8-9,13-14,17H,1-2,10H2,3-7H3,(H,18,20,21)/b9-8-. The summed E-state index contributed by atoms with van der Waals surface area (Å²) < 4.78 is 0. The summed E-state index contributed by atoms with van der Waals surface area (Å²) in [7, 11) is 3.86. The van der Waals surface area contributed by atoms with Gasteiger partial charge < -0.3 is 10.2 Å². The van der Waals surface area contributed by atoms with Crippen LogP contribution in [0, 0.1) is 5.92 Å². The van der Waals surface area contributed by atoms with Gasteiger partial charge in [0, 0.05) is 32.3 Å². The molecule has 2 amide bonds. The van der Waals surface area contributed by atoms with Crippen molar-refractivity contribution in [3.05, 3.63) is 36.6 Å². The first kappa shape index (κ1) is 19.1. The zero-order valence-corrected chi connectivity index (χ0v) is 13.7. The predicted octanol–water partition coefficient (Wildman–Crippen LogP) is 1.45. The summed E-state index contributed by atoms with van der Waals surface area (Å²) >= 11 is 0. The Bertz CT molecular complexity index is 441. The lowest BCUT2D eigenvalue weighted by Gasteiger charge is -2.27. The normalized spacial score (nSPS) is 13.6. The molecule has 5 heteroatoms. The number of carbonyl (C=O) groups is 2. The molecule has 2 N–H and O–H groups in total. The van der Waals surface area contributed by atoms with Crippen molar-refractivity contribution in [2.45, 2.75) is 26.8 Å². The third-order valence-electron chi connectivity index (χ3n) is 3.35. The second-order valence-electron chi connectivity index (χ2n) is 5.18. The maximum atomic E-state index is 11.7. The monoisotopic (exact) mass is 293 g/mol. The number of rotatable bonds is 8. The van der Waals surface area contributed by atoms with Crippen LogP contribution in [0.15, 0.2) is 36.6 Å². The van der Waals surface area contributed by atoms with Crippen LogP contribution < -0.4 is 10.6 Å². The lowest BCUT2D eigenvalue weighted by Crippen LogP contribution is -2.35. The number of hydrogen-bond donors (Lipinski definition) is 2. The molecule has 2 atom stereocenters. The van der Waals surface area contributed by atoms with Gasteiger partial charge in [-0.2, -0.15) is 0 Å². The number of likely N-dealkylation sites (N-methyl/N-ethyl adjacent to an activating group) is 2. The first-order valence-corrected chi connectivity index (χ1v) is 6.95. The highest BCUT2D eigenvalue weighted by atomic mass is 16.2. The van der Waals surface area contributed by atoms with Gasteiger partial charge in [0.1, 0.15) is 0 Å². The molecule has 0 radical (unpaired) electrons. The van der Waals surface area contributed by atoms with E-state index in [1.807, 2.05) is 25.1 Å². The molecular formula is C16H27N3O2. The summed E-state index contributed by atoms with van der Waals surface area (Å²) in [5, 5.41) is 5.37. The maximum Gasteiger partial charge on any atom is 0.233 e. The van der Waals surface area contributed by atoms with Crippen LogP contribution in [-0.2, 0) is 9.59 Å². The number of amides is 2. The highest BCUT2D eigenvalue weighted by Gasteiger charge is 2.15. The molecule has 0 rings (SSSR count). The summed E-state index contributed by atoms with van der Waals surface area (Å²) in [5.41, 5.74) is 1.46. The second-order valence-corrected chi connectivity index (χ2v) is 5.18. The zero-order valence-electron chi connectivity index (χ0n) is 13.7. The molecule has 0 aromatic carbocycles. The number of hydrogen-bond acceptors (Lipinski definition) is 4. The fourth-order valence-electron chi connectivity index (χ4n) is 1.63. The quantitative estimate of drug-likeness (QED) is 0.665. The van der Waals surface area contributed by atoms with Gasteiger partial charge in [0.25, 0.3) is 0 Å². The smallest absolute Gasteiger partial charge is 0.233 e. The largest absolute Gasteiger partial charge is 0.371 e. The van der Waals surface area contributed by atoms with Crippen LogP contribution in [0.5, 0.6) is 0 Å². The lowest BCUT2D eigenvalue weighted by molar-refractivity contribution is -0.130. The highest BCUT2D eigenvalue weighted by Crippen LogP contribution is 2.13. The van der Waals surface area contributed by atoms with E-state index in [-0.39, 0.29) is 11.8 Å². The molecular weight excluding hydrogens is 266 g/mol. The third kappa shape index (κ3) is 6.90. The molecule has 5 nitrogen and oxygen atoms in total. The number of carbonyl (C=O) groups excluding carboxylic acids is 2. The van der Waals surface area contributed by atoms with Gasteiger partial charge in [0.2, 0.25) is 11.8 Å². The number of imide groups is 1. The van der Waals surface area contributed by atoms with Gasteiger partial charge >= 0.3 is 0 Å². The molecule has 0 fully saturated rings. The SMILES string of the molecule is C=C(/C=C\C(=C)N(C)C(C)CNC)C(C)C(=O)NC(C)=O. The van der Waals surface area contributed by atoms with E-state index < -0.39 is 5.92 Å². The molecule has 0 aliphatic rings. The van der Waals surface area contributed by atoms with Crippen molar-refractivity contribution in [2.24, 2.45) is 5.92 Å². The Morgan fingerprint density at radius 1 is 1.24 bits per heavy atom. The summed E-state index contributed by atoms with van der Waals surface area (Å²) in [6, 6.07) is 0.304. The highest BCUT2D eigenvalue weighted by molar-refractivity contribution is 5.96. The van der Waals surface area contributed by atoms with Gasteiger partial charge in [-0.15, -0.1) is 0 Å². The fraction of sp³-hybridized carbons (Fsp3) is 0.500. The van der Waals surface area contributed by atoms with Crippen molar-refractivity contribution < 1.29 is 9.59 Å². The molecule has 118 valence electrons. The van der Waals surface area contributed by atoms with Crippen molar-refractivity contribution in [1.82, 2.24) is 15.5 Å². The Labute approximate surface area is 127 Å². The first-order chi connectivity index (χ1) is 9.70.